The minimum absolute atomic E-state index is 0.209. The molecule has 0 saturated heterocycles. The molecule has 1 aromatic heterocycles. The maximum absolute atomic E-state index is 11.5. The average Bonchev–Trinajstić information content (AvgIpc) is 2.65. The summed E-state index contributed by atoms with van der Waals surface area (Å²) >= 11 is 0. The molecule has 2 rings (SSSR count). The first-order chi connectivity index (χ1) is 13.0. The molecule has 0 spiro atoms. The van der Waals surface area contributed by atoms with Crippen molar-refractivity contribution in [1.82, 2.24) is 9.97 Å². The number of hydrogen-bond acceptors (Lipinski definition) is 7. The molecule has 0 aliphatic heterocycles. The maximum Gasteiger partial charge on any atom is 0.309 e. The largest absolute Gasteiger partial charge is 0.496 e. The van der Waals surface area contributed by atoms with E-state index in [2.05, 4.69) is 22.2 Å². The van der Waals surface area contributed by atoms with Crippen LogP contribution in [0.5, 0.6) is 5.75 Å². The fourth-order valence-electron chi connectivity index (χ4n) is 2.83. The minimum atomic E-state index is -0.282. The molecule has 0 aliphatic rings. The number of ether oxygens (including phenoxy) is 2. The van der Waals surface area contributed by atoms with E-state index in [4.69, 9.17) is 15.2 Å². The Hall–Kier alpha value is -2.83. The van der Waals surface area contributed by atoms with Crippen LogP contribution in [0, 0.1) is 6.92 Å². The van der Waals surface area contributed by atoms with Crippen molar-refractivity contribution in [3.05, 3.63) is 40.6 Å². The number of aryl methyl sites for hydroxylation is 1. The number of esters is 1. The molecule has 1 aromatic carbocycles. The molecule has 0 fully saturated rings. The molecule has 0 atom stereocenters. The lowest BCUT2D eigenvalue weighted by molar-refractivity contribution is -0.139. The molecule has 0 unspecified atom stereocenters. The predicted molar refractivity (Wildman–Crippen MR) is 106 cm³/mol. The summed E-state index contributed by atoms with van der Waals surface area (Å²) in [5, 5.41) is 3.37. The fraction of sp³-hybridized carbons (Fsp3) is 0.450. The van der Waals surface area contributed by atoms with E-state index < -0.39 is 0 Å². The van der Waals surface area contributed by atoms with Crippen molar-refractivity contribution in [2.75, 3.05) is 31.8 Å². The summed E-state index contributed by atoms with van der Waals surface area (Å²) in [6.45, 7) is 4.90. The predicted octanol–water partition coefficient (Wildman–Crippen LogP) is 2.89. The second kappa shape index (κ2) is 9.75. The van der Waals surface area contributed by atoms with Gasteiger partial charge in [-0.05, 0) is 30.5 Å². The van der Waals surface area contributed by atoms with Gasteiger partial charge in [0.15, 0.2) is 0 Å². The van der Waals surface area contributed by atoms with Crippen LogP contribution in [0.1, 0.15) is 42.1 Å². The smallest absolute Gasteiger partial charge is 0.309 e. The first-order valence-corrected chi connectivity index (χ1v) is 9.07. The molecule has 0 saturated carbocycles. The van der Waals surface area contributed by atoms with Gasteiger partial charge in [-0.25, -0.2) is 4.98 Å². The van der Waals surface area contributed by atoms with Gasteiger partial charge in [0, 0.05) is 24.2 Å². The van der Waals surface area contributed by atoms with Crippen LogP contribution < -0.4 is 15.8 Å². The van der Waals surface area contributed by atoms with Gasteiger partial charge in [0.1, 0.15) is 11.6 Å². The third-order valence-corrected chi connectivity index (χ3v) is 4.35. The van der Waals surface area contributed by atoms with Gasteiger partial charge >= 0.3 is 5.97 Å². The van der Waals surface area contributed by atoms with Gasteiger partial charge in [0.2, 0.25) is 5.95 Å². The summed E-state index contributed by atoms with van der Waals surface area (Å²) in [6, 6.07) is 5.74. The molecule has 27 heavy (non-hydrogen) atoms. The Balaban J connectivity index is 2.31. The van der Waals surface area contributed by atoms with E-state index in [0.717, 1.165) is 47.6 Å². The topological polar surface area (TPSA) is 99.4 Å². The van der Waals surface area contributed by atoms with Crippen molar-refractivity contribution >= 4 is 17.7 Å². The lowest BCUT2D eigenvalue weighted by atomic mass is 10.0. The zero-order valence-electron chi connectivity index (χ0n) is 16.5. The van der Waals surface area contributed by atoms with Crippen LogP contribution in [-0.4, -0.2) is 36.7 Å². The molecule has 0 aliphatic carbocycles. The summed E-state index contributed by atoms with van der Waals surface area (Å²) in [7, 11) is 3.00. The van der Waals surface area contributed by atoms with E-state index in [0.29, 0.717) is 12.2 Å². The highest BCUT2D eigenvalue weighted by Gasteiger charge is 2.15. The summed E-state index contributed by atoms with van der Waals surface area (Å²) in [4.78, 5) is 20.2. The number of nitrogens with two attached hydrogens (primary N) is 1. The van der Waals surface area contributed by atoms with E-state index >= 15 is 0 Å². The summed E-state index contributed by atoms with van der Waals surface area (Å²) in [6.07, 6.45) is 2.95. The highest BCUT2D eigenvalue weighted by atomic mass is 16.5. The van der Waals surface area contributed by atoms with Crippen LogP contribution in [-0.2, 0) is 22.4 Å². The Bertz CT molecular complexity index is 793. The van der Waals surface area contributed by atoms with E-state index in [-0.39, 0.29) is 18.3 Å². The van der Waals surface area contributed by atoms with E-state index in [1.165, 1.54) is 7.11 Å². The lowest BCUT2D eigenvalue weighted by Gasteiger charge is -2.16. The number of anilines is 2. The van der Waals surface area contributed by atoms with E-state index in [9.17, 15) is 4.79 Å². The van der Waals surface area contributed by atoms with Crippen LogP contribution in [0.15, 0.2) is 18.2 Å². The Kier molecular flexibility index (Phi) is 7.40. The zero-order valence-corrected chi connectivity index (χ0v) is 16.5. The SMILES string of the molecule is CCCCNc1nc(N)nc(C)c1Cc1ccc(CC(=O)OC)cc1OC. The standard InChI is InChI=1S/C20H28N4O3/c1-5-6-9-22-19-16(13(2)23-20(21)24-19)12-15-8-7-14(10-17(15)26-3)11-18(25)27-4/h7-8,10H,5-6,9,11-12H2,1-4H3,(H3,21,22,23,24). The summed E-state index contributed by atoms with van der Waals surface area (Å²) in [5.41, 5.74) is 9.48. The van der Waals surface area contributed by atoms with Gasteiger partial charge in [-0.3, -0.25) is 4.79 Å². The monoisotopic (exact) mass is 372 g/mol. The molecule has 1 heterocycles. The number of nitrogens with zero attached hydrogens (tertiary/aromatic N) is 2. The molecule has 0 amide bonds. The van der Waals surface area contributed by atoms with Gasteiger partial charge < -0.3 is 20.5 Å². The van der Waals surface area contributed by atoms with Crippen LogP contribution in [0.4, 0.5) is 11.8 Å². The number of carbonyl (C=O) groups is 1. The third kappa shape index (κ3) is 5.57. The van der Waals surface area contributed by atoms with Gasteiger partial charge in [0.05, 0.1) is 20.6 Å². The number of methoxy groups -OCH3 is 2. The minimum Gasteiger partial charge on any atom is -0.496 e. The first kappa shape index (κ1) is 20.5. The zero-order chi connectivity index (χ0) is 19.8. The summed E-state index contributed by atoms with van der Waals surface area (Å²) < 4.78 is 10.3. The number of nitrogen functional groups attached to an aromatic ring is 1. The number of carbonyl (C=O) groups excluding carboxylic acids is 1. The maximum atomic E-state index is 11.5. The molecular formula is C20H28N4O3. The van der Waals surface area contributed by atoms with E-state index in [1.54, 1.807) is 7.11 Å². The van der Waals surface area contributed by atoms with E-state index in [1.807, 2.05) is 25.1 Å². The Morgan fingerprint density at radius 3 is 2.70 bits per heavy atom. The first-order valence-electron chi connectivity index (χ1n) is 9.07. The Labute approximate surface area is 160 Å². The molecule has 0 bridgehead atoms. The van der Waals surface area contributed by atoms with Gasteiger partial charge in [-0.1, -0.05) is 25.5 Å². The average molecular weight is 372 g/mol. The molecule has 3 N–H and O–H groups in total. The van der Waals surface area contributed by atoms with Gasteiger partial charge in [-0.2, -0.15) is 4.98 Å². The normalized spacial score (nSPS) is 10.5. The Morgan fingerprint density at radius 1 is 1.26 bits per heavy atom. The molecule has 0 radical (unpaired) electrons. The second-order valence-corrected chi connectivity index (χ2v) is 6.35. The molecule has 146 valence electrons. The van der Waals surface area contributed by atoms with Crippen LogP contribution >= 0.6 is 0 Å². The van der Waals surface area contributed by atoms with Crippen molar-refractivity contribution < 1.29 is 14.3 Å². The molecule has 2 aromatic rings. The lowest BCUT2D eigenvalue weighted by Crippen LogP contribution is -2.12. The second-order valence-electron chi connectivity index (χ2n) is 6.35. The van der Waals surface area contributed by atoms with Crippen LogP contribution in [0.25, 0.3) is 0 Å². The van der Waals surface area contributed by atoms with Crippen LogP contribution in [0.3, 0.4) is 0 Å². The quantitative estimate of drug-likeness (QED) is 0.516. The number of rotatable bonds is 9. The number of hydrogen-bond donors (Lipinski definition) is 2. The van der Waals surface area contributed by atoms with Crippen molar-refractivity contribution in [1.29, 1.82) is 0 Å². The van der Waals surface area contributed by atoms with Crippen LogP contribution in [0.2, 0.25) is 0 Å². The fourth-order valence-corrected chi connectivity index (χ4v) is 2.83. The van der Waals surface area contributed by atoms with Crippen molar-refractivity contribution in [3.8, 4) is 5.75 Å². The molecule has 7 nitrogen and oxygen atoms in total. The van der Waals surface area contributed by atoms with Gasteiger partial charge in [0.25, 0.3) is 0 Å². The number of nitrogens with one attached hydrogen (secondary N) is 1. The highest BCUT2D eigenvalue weighted by molar-refractivity contribution is 5.72. The van der Waals surface area contributed by atoms with Crippen molar-refractivity contribution in [2.45, 2.75) is 39.5 Å². The van der Waals surface area contributed by atoms with Crippen molar-refractivity contribution in [2.24, 2.45) is 0 Å². The number of aromatic nitrogens is 2. The van der Waals surface area contributed by atoms with Crippen molar-refractivity contribution in [3.63, 3.8) is 0 Å². The molecule has 7 heteroatoms. The Morgan fingerprint density at radius 2 is 2.04 bits per heavy atom. The number of benzene rings is 1. The van der Waals surface area contributed by atoms with Gasteiger partial charge in [-0.15, -0.1) is 0 Å². The number of unbranched alkanes of at least 4 members (excludes halogenated alkanes) is 1. The molecular weight excluding hydrogens is 344 g/mol. The third-order valence-electron chi connectivity index (χ3n) is 4.35. The highest BCUT2D eigenvalue weighted by Crippen LogP contribution is 2.27. The summed E-state index contributed by atoms with van der Waals surface area (Å²) in [5.74, 6) is 1.45.